The summed E-state index contributed by atoms with van der Waals surface area (Å²) in [5, 5.41) is 2.87. The van der Waals surface area contributed by atoms with E-state index in [9.17, 15) is 9.59 Å². The predicted molar refractivity (Wildman–Crippen MR) is 94.5 cm³/mol. The fraction of sp³-hybridized carbons (Fsp3) is 0.389. The average molecular weight is 326 g/mol. The zero-order valence-corrected chi connectivity index (χ0v) is 14.1. The van der Waals surface area contributed by atoms with Gasteiger partial charge in [0.25, 0.3) is 5.56 Å². The molecule has 0 bridgehead atoms. The molecule has 1 N–H and O–H groups in total. The van der Waals surface area contributed by atoms with Crippen LogP contribution in [0, 0.1) is 13.8 Å². The molecule has 0 spiro atoms. The minimum atomic E-state index is -0.225. The first-order valence-electron chi connectivity index (χ1n) is 8.23. The zero-order valence-electron chi connectivity index (χ0n) is 14.1. The van der Waals surface area contributed by atoms with Gasteiger partial charge in [-0.15, -0.1) is 0 Å². The molecular weight excluding hydrogens is 304 g/mol. The van der Waals surface area contributed by atoms with E-state index in [0.29, 0.717) is 11.6 Å². The van der Waals surface area contributed by atoms with E-state index in [2.05, 4.69) is 15.2 Å². The summed E-state index contributed by atoms with van der Waals surface area (Å²) < 4.78 is 1.46. The second-order valence-corrected chi connectivity index (χ2v) is 6.18. The van der Waals surface area contributed by atoms with Gasteiger partial charge in [0.1, 0.15) is 6.54 Å². The van der Waals surface area contributed by atoms with Crippen LogP contribution in [0.4, 0.5) is 11.6 Å². The van der Waals surface area contributed by atoms with Gasteiger partial charge in [0, 0.05) is 30.5 Å². The molecule has 0 radical (unpaired) electrons. The number of nitrogens with zero attached hydrogens (tertiary/aromatic N) is 3. The summed E-state index contributed by atoms with van der Waals surface area (Å²) in [7, 11) is 0. The third kappa shape index (κ3) is 3.48. The quantitative estimate of drug-likeness (QED) is 0.934. The van der Waals surface area contributed by atoms with Gasteiger partial charge in [-0.2, -0.15) is 0 Å². The van der Waals surface area contributed by atoms with Crippen LogP contribution in [0.1, 0.15) is 24.1 Å². The molecular formula is C18H22N4O2. The molecule has 1 aromatic heterocycles. The molecule has 0 aliphatic carbocycles. The van der Waals surface area contributed by atoms with Crippen LogP contribution >= 0.6 is 0 Å². The summed E-state index contributed by atoms with van der Waals surface area (Å²) in [6.45, 7) is 5.44. The minimum absolute atomic E-state index is 0.0354. The summed E-state index contributed by atoms with van der Waals surface area (Å²) >= 11 is 0. The standard InChI is InChI=1S/C18H22N4O2/c1-13-7-3-4-8-15(13)20-16(23)12-22-17(24)11-14(2)19-18(22)21-9-5-6-10-21/h3-4,7-8,11H,5-6,9-10,12H2,1-2H3,(H,20,23). The molecule has 1 amide bonds. The summed E-state index contributed by atoms with van der Waals surface area (Å²) in [6, 6.07) is 9.05. The molecule has 2 heterocycles. The third-order valence-electron chi connectivity index (χ3n) is 4.23. The van der Waals surface area contributed by atoms with Crippen molar-refractivity contribution in [2.24, 2.45) is 0 Å². The van der Waals surface area contributed by atoms with Gasteiger partial charge in [-0.3, -0.25) is 14.2 Å². The van der Waals surface area contributed by atoms with Crippen molar-refractivity contribution in [3.63, 3.8) is 0 Å². The van der Waals surface area contributed by atoms with Gasteiger partial charge in [-0.1, -0.05) is 18.2 Å². The molecule has 1 saturated heterocycles. The first kappa shape index (κ1) is 16.2. The molecule has 24 heavy (non-hydrogen) atoms. The number of nitrogens with one attached hydrogen (secondary N) is 1. The van der Waals surface area contributed by atoms with E-state index < -0.39 is 0 Å². The summed E-state index contributed by atoms with van der Waals surface area (Å²) in [6.07, 6.45) is 2.17. The van der Waals surface area contributed by atoms with E-state index in [1.165, 1.54) is 10.6 Å². The lowest BCUT2D eigenvalue weighted by Crippen LogP contribution is -2.34. The average Bonchev–Trinajstić information content (AvgIpc) is 3.06. The highest BCUT2D eigenvalue weighted by atomic mass is 16.2. The maximum atomic E-state index is 12.4. The highest BCUT2D eigenvalue weighted by Crippen LogP contribution is 2.18. The van der Waals surface area contributed by atoms with Gasteiger partial charge in [-0.25, -0.2) is 4.98 Å². The molecule has 1 aliphatic rings. The molecule has 6 nitrogen and oxygen atoms in total. The Hall–Kier alpha value is -2.63. The largest absolute Gasteiger partial charge is 0.342 e. The molecule has 126 valence electrons. The number of aryl methyl sites for hydroxylation is 2. The number of carbonyl (C=O) groups is 1. The Labute approximate surface area is 141 Å². The van der Waals surface area contributed by atoms with E-state index in [4.69, 9.17) is 0 Å². The van der Waals surface area contributed by atoms with Gasteiger partial charge in [0.15, 0.2) is 0 Å². The maximum absolute atomic E-state index is 12.4. The maximum Gasteiger partial charge on any atom is 0.255 e. The first-order valence-corrected chi connectivity index (χ1v) is 8.23. The van der Waals surface area contributed by atoms with Crippen molar-refractivity contribution in [2.75, 3.05) is 23.3 Å². The van der Waals surface area contributed by atoms with Crippen molar-refractivity contribution in [1.82, 2.24) is 9.55 Å². The van der Waals surface area contributed by atoms with Crippen molar-refractivity contribution in [3.8, 4) is 0 Å². The fourth-order valence-electron chi connectivity index (χ4n) is 2.96. The van der Waals surface area contributed by atoms with E-state index in [-0.39, 0.29) is 18.0 Å². The zero-order chi connectivity index (χ0) is 17.1. The number of aromatic nitrogens is 2. The van der Waals surface area contributed by atoms with Gasteiger partial charge in [0.2, 0.25) is 11.9 Å². The van der Waals surface area contributed by atoms with Crippen molar-refractivity contribution < 1.29 is 4.79 Å². The number of hydrogen-bond acceptors (Lipinski definition) is 4. The second-order valence-electron chi connectivity index (χ2n) is 6.18. The molecule has 1 fully saturated rings. The summed E-state index contributed by atoms with van der Waals surface area (Å²) in [5.74, 6) is 0.370. The van der Waals surface area contributed by atoms with Crippen LogP contribution in [0.25, 0.3) is 0 Å². The number of carbonyl (C=O) groups excluding carboxylic acids is 1. The summed E-state index contributed by atoms with van der Waals surface area (Å²) in [5.41, 5.74) is 2.24. The Morgan fingerprint density at radius 2 is 1.92 bits per heavy atom. The van der Waals surface area contributed by atoms with E-state index >= 15 is 0 Å². The lowest BCUT2D eigenvalue weighted by molar-refractivity contribution is -0.116. The van der Waals surface area contributed by atoms with Crippen molar-refractivity contribution in [1.29, 1.82) is 0 Å². The number of rotatable bonds is 4. The molecule has 0 atom stereocenters. The minimum Gasteiger partial charge on any atom is -0.342 e. The monoisotopic (exact) mass is 326 g/mol. The third-order valence-corrected chi connectivity index (χ3v) is 4.23. The normalized spacial score (nSPS) is 14.0. The summed E-state index contributed by atoms with van der Waals surface area (Å²) in [4.78, 5) is 31.4. The van der Waals surface area contributed by atoms with Crippen molar-refractivity contribution in [2.45, 2.75) is 33.2 Å². The van der Waals surface area contributed by atoms with Gasteiger partial charge in [0.05, 0.1) is 0 Å². The van der Waals surface area contributed by atoms with E-state index in [1.54, 1.807) is 6.92 Å². The van der Waals surface area contributed by atoms with Gasteiger partial charge >= 0.3 is 0 Å². The fourth-order valence-corrected chi connectivity index (χ4v) is 2.96. The van der Waals surface area contributed by atoms with Crippen LogP contribution in [0.5, 0.6) is 0 Å². The molecule has 6 heteroatoms. The molecule has 1 aromatic carbocycles. The molecule has 3 rings (SSSR count). The Bertz CT molecular complexity index is 807. The van der Waals surface area contributed by atoms with E-state index in [1.807, 2.05) is 31.2 Å². The van der Waals surface area contributed by atoms with Crippen LogP contribution in [0.15, 0.2) is 35.1 Å². The molecule has 2 aromatic rings. The lowest BCUT2D eigenvalue weighted by Gasteiger charge is -2.21. The van der Waals surface area contributed by atoms with Crippen LogP contribution in [0.3, 0.4) is 0 Å². The molecule has 1 aliphatic heterocycles. The first-order chi connectivity index (χ1) is 11.5. The number of amides is 1. The van der Waals surface area contributed by atoms with Gasteiger partial charge in [-0.05, 0) is 38.3 Å². The molecule has 0 saturated carbocycles. The second kappa shape index (κ2) is 6.86. The number of benzene rings is 1. The van der Waals surface area contributed by atoms with Gasteiger partial charge < -0.3 is 10.2 Å². The Balaban J connectivity index is 1.85. The van der Waals surface area contributed by atoms with Crippen LogP contribution in [-0.4, -0.2) is 28.5 Å². The number of hydrogen-bond donors (Lipinski definition) is 1. The Morgan fingerprint density at radius 1 is 1.21 bits per heavy atom. The van der Waals surface area contributed by atoms with Crippen molar-refractivity contribution in [3.05, 3.63) is 51.9 Å². The highest BCUT2D eigenvalue weighted by Gasteiger charge is 2.20. The van der Waals surface area contributed by atoms with Crippen molar-refractivity contribution >= 4 is 17.5 Å². The topological polar surface area (TPSA) is 67.2 Å². The highest BCUT2D eigenvalue weighted by molar-refractivity contribution is 5.91. The van der Waals surface area contributed by atoms with Crippen LogP contribution < -0.4 is 15.8 Å². The van der Waals surface area contributed by atoms with E-state index in [0.717, 1.165) is 37.2 Å². The predicted octanol–water partition coefficient (Wildman–Crippen LogP) is 2.10. The Kier molecular flexibility index (Phi) is 4.64. The van der Waals surface area contributed by atoms with Crippen LogP contribution in [-0.2, 0) is 11.3 Å². The Morgan fingerprint density at radius 3 is 2.62 bits per heavy atom. The smallest absolute Gasteiger partial charge is 0.255 e. The molecule has 0 unspecified atom stereocenters. The lowest BCUT2D eigenvalue weighted by atomic mass is 10.2. The SMILES string of the molecule is Cc1cc(=O)n(CC(=O)Nc2ccccc2C)c(N2CCCC2)n1. The number of anilines is 2. The number of para-hydroxylation sites is 1. The van der Waals surface area contributed by atoms with Crippen LogP contribution in [0.2, 0.25) is 0 Å².